The second kappa shape index (κ2) is 5.79. The molecule has 1 rings (SSSR count). The van der Waals surface area contributed by atoms with Crippen molar-refractivity contribution in [3.63, 3.8) is 0 Å². The van der Waals surface area contributed by atoms with Crippen LogP contribution < -0.4 is 4.74 Å². The van der Waals surface area contributed by atoms with E-state index in [4.69, 9.17) is 9.47 Å². The van der Waals surface area contributed by atoms with Crippen molar-refractivity contribution in [1.29, 1.82) is 0 Å². The number of methoxy groups -OCH3 is 3. The minimum atomic E-state index is -0.570. The van der Waals surface area contributed by atoms with Crippen molar-refractivity contribution in [2.24, 2.45) is 0 Å². The molecular weight excluding hydrogens is 224 g/mol. The molecule has 0 spiro atoms. The highest BCUT2D eigenvalue weighted by Crippen LogP contribution is 2.27. The molecule has 0 radical (unpaired) electrons. The fourth-order valence-corrected chi connectivity index (χ4v) is 1.24. The third-order valence-electron chi connectivity index (χ3n) is 2.11. The third kappa shape index (κ3) is 3.14. The first-order valence-electron chi connectivity index (χ1n) is 4.83. The smallest absolute Gasteiger partial charge is 0.373 e. The number of carbonyl (C=O) groups is 1. The minimum absolute atomic E-state index is 0.0293. The van der Waals surface area contributed by atoms with Crippen LogP contribution in [0.3, 0.4) is 0 Å². The monoisotopic (exact) mass is 238 g/mol. The van der Waals surface area contributed by atoms with Gasteiger partial charge in [0.05, 0.1) is 21.3 Å². The molecular formula is C12H14O5. The Morgan fingerprint density at radius 1 is 1.24 bits per heavy atom. The van der Waals surface area contributed by atoms with Gasteiger partial charge in [-0.05, 0) is 23.8 Å². The summed E-state index contributed by atoms with van der Waals surface area (Å²) in [6.45, 7) is 0. The molecule has 0 amide bonds. The molecule has 0 aromatic heterocycles. The van der Waals surface area contributed by atoms with Crippen LogP contribution in [-0.4, -0.2) is 32.4 Å². The Morgan fingerprint density at radius 2 is 1.94 bits per heavy atom. The van der Waals surface area contributed by atoms with Crippen LogP contribution in [0.15, 0.2) is 24.0 Å². The molecule has 1 aromatic rings. The Labute approximate surface area is 99.2 Å². The van der Waals surface area contributed by atoms with E-state index in [0.29, 0.717) is 11.3 Å². The highest BCUT2D eigenvalue weighted by molar-refractivity contribution is 5.91. The first-order chi connectivity index (χ1) is 8.12. The summed E-state index contributed by atoms with van der Waals surface area (Å²) in [6, 6.07) is 4.67. The molecule has 0 bridgehead atoms. The number of aromatic hydroxyl groups is 1. The Balaban J connectivity index is 3.07. The van der Waals surface area contributed by atoms with Crippen molar-refractivity contribution in [2.45, 2.75) is 0 Å². The van der Waals surface area contributed by atoms with Crippen molar-refractivity contribution in [1.82, 2.24) is 0 Å². The van der Waals surface area contributed by atoms with E-state index in [0.717, 1.165) is 0 Å². The van der Waals surface area contributed by atoms with Crippen LogP contribution in [0.4, 0.5) is 0 Å². The first-order valence-corrected chi connectivity index (χ1v) is 4.83. The van der Waals surface area contributed by atoms with Gasteiger partial charge in [0, 0.05) is 0 Å². The lowest BCUT2D eigenvalue weighted by molar-refractivity contribution is -0.139. The second-order valence-electron chi connectivity index (χ2n) is 3.14. The SMILES string of the molecule is COC(=O)C(=Cc1ccc(O)c(OC)c1)OC. The summed E-state index contributed by atoms with van der Waals surface area (Å²) < 4.78 is 14.4. The number of benzene rings is 1. The molecule has 0 aliphatic heterocycles. The van der Waals surface area contributed by atoms with Gasteiger partial charge in [0.15, 0.2) is 11.5 Å². The largest absolute Gasteiger partial charge is 0.504 e. The molecule has 1 N–H and O–H groups in total. The molecule has 92 valence electrons. The Kier molecular flexibility index (Phi) is 4.39. The van der Waals surface area contributed by atoms with Crippen LogP contribution in [0, 0.1) is 0 Å². The van der Waals surface area contributed by atoms with Crippen LogP contribution in [0.2, 0.25) is 0 Å². The molecule has 5 nitrogen and oxygen atoms in total. The predicted molar refractivity (Wildman–Crippen MR) is 61.7 cm³/mol. The first kappa shape index (κ1) is 12.9. The average Bonchev–Trinajstić information content (AvgIpc) is 2.36. The van der Waals surface area contributed by atoms with Gasteiger partial charge < -0.3 is 19.3 Å². The Hall–Kier alpha value is -2.17. The van der Waals surface area contributed by atoms with Gasteiger partial charge in [-0.3, -0.25) is 0 Å². The summed E-state index contributed by atoms with van der Waals surface area (Å²) in [6.07, 6.45) is 1.49. The maximum atomic E-state index is 11.3. The van der Waals surface area contributed by atoms with Gasteiger partial charge >= 0.3 is 5.97 Å². The summed E-state index contributed by atoms with van der Waals surface area (Å²) in [4.78, 5) is 11.3. The molecule has 0 unspecified atom stereocenters. The maximum Gasteiger partial charge on any atom is 0.373 e. The molecule has 17 heavy (non-hydrogen) atoms. The lowest BCUT2D eigenvalue weighted by Crippen LogP contribution is -2.06. The lowest BCUT2D eigenvalue weighted by Gasteiger charge is -2.06. The van der Waals surface area contributed by atoms with Crippen LogP contribution in [0.5, 0.6) is 11.5 Å². The normalized spacial score (nSPS) is 10.9. The van der Waals surface area contributed by atoms with Crippen LogP contribution >= 0.6 is 0 Å². The minimum Gasteiger partial charge on any atom is -0.504 e. The summed E-state index contributed by atoms with van der Waals surface area (Å²) >= 11 is 0. The van der Waals surface area contributed by atoms with Crippen molar-refractivity contribution < 1.29 is 24.1 Å². The fourth-order valence-electron chi connectivity index (χ4n) is 1.24. The van der Waals surface area contributed by atoms with E-state index in [1.165, 1.54) is 33.5 Å². The van der Waals surface area contributed by atoms with Gasteiger partial charge in [-0.2, -0.15) is 0 Å². The number of ether oxygens (including phenoxy) is 3. The molecule has 0 saturated carbocycles. The number of carbonyl (C=O) groups excluding carboxylic acids is 1. The highest BCUT2D eigenvalue weighted by atomic mass is 16.6. The second-order valence-corrected chi connectivity index (χ2v) is 3.14. The van der Waals surface area contributed by atoms with Gasteiger partial charge in [0.2, 0.25) is 5.76 Å². The summed E-state index contributed by atoms with van der Waals surface area (Å²) in [5.41, 5.74) is 0.655. The van der Waals surface area contributed by atoms with E-state index in [2.05, 4.69) is 4.74 Å². The van der Waals surface area contributed by atoms with Gasteiger partial charge in [-0.15, -0.1) is 0 Å². The van der Waals surface area contributed by atoms with Crippen molar-refractivity contribution in [3.8, 4) is 11.5 Å². The van der Waals surface area contributed by atoms with E-state index >= 15 is 0 Å². The zero-order valence-corrected chi connectivity index (χ0v) is 9.89. The molecule has 0 heterocycles. The predicted octanol–water partition coefficient (Wildman–Crippen LogP) is 1.56. The number of phenols is 1. The quantitative estimate of drug-likeness (QED) is 0.490. The number of hydrogen-bond donors (Lipinski definition) is 1. The van der Waals surface area contributed by atoms with Gasteiger partial charge in [-0.1, -0.05) is 6.07 Å². The van der Waals surface area contributed by atoms with Crippen LogP contribution in [0.1, 0.15) is 5.56 Å². The van der Waals surface area contributed by atoms with Gasteiger partial charge in [0.25, 0.3) is 0 Å². The zero-order valence-electron chi connectivity index (χ0n) is 9.89. The molecule has 0 fully saturated rings. The van der Waals surface area contributed by atoms with E-state index in [1.807, 2.05) is 0 Å². The Bertz CT molecular complexity index is 437. The number of rotatable bonds is 4. The van der Waals surface area contributed by atoms with Crippen LogP contribution in [-0.2, 0) is 14.3 Å². The molecule has 1 aromatic carbocycles. The van der Waals surface area contributed by atoms with Gasteiger partial charge in [-0.25, -0.2) is 4.79 Å². The van der Waals surface area contributed by atoms with E-state index < -0.39 is 5.97 Å². The van der Waals surface area contributed by atoms with E-state index in [-0.39, 0.29) is 11.5 Å². The van der Waals surface area contributed by atoms with Crippen molar-refractivity contribution >= 4 is 12.0 Å². The van der Waals surface area contributed by atoms with Crippen molar-refractivity contribution in [2.75, 3.05) is 21.3 Å². The molecule has 5 heteroatoms. The lowest BCUT2D eigenvalue weighted by atomic mass is 10.2. The maximum absolute atomic E-state index is 11.3. The standard InChI is InChI=1S/C12H14O5/c1-15-10-6-8(4-5-9(10)13)7-11(16-2)12(14)17-3/h4-7,13H,1-3H3. The zero-order chi connectivity index (χ0) is 12.8. The van der Waals surface area contributed by atoms with E-state index in [1.54, 1.807) is 12.1 Å². The number of esters is 1. The summed E-state index contributed by atoms with van der Waals surface area (Å²) in [7, 11) is 4.09. The third-order valence-corrected chi connectivity index (χ3v) is 2.11. The number of phenolic OH excluding ortho intramolecular Hbond substituents is 1. The molecule has 0 aliphatic rings. The topological polar surface area (TPSA) is 65.0 Å². The fraction of sp³-hybridized carbons (Fsp3) is 0.250. The number of hydrogen-bond acceptors (Lipinski definition) is 5. The molecule has 0 aliphatic carbocycles. The highest BCUT2D eigenvalue weighted by Gasteiger charge is 2.10. The van der Waals surface area contributed by atoms with Crippen LogP contribution in [0.25, 0.3) is 6.08 Å². The summed E-state index contributed by atoms with van der Waals surface area (Å²) in [5.74, 6) is -0.152. The summed E-state index contributed by atoms with van der Waals surface area (Å²) in [5, 5.41) is 9.41. The van der Waals surface area contributed by atoms with Crippen molar-refractivity contribution in [3.05, 3.63) is 29.5 Å². The Morgan fingerprint density at radius 3 is 2.47 bits per heavy atom. The van der Waals surface area contributed by atoms with E-state index in [9.17, 15) is 9.90 Å². The van der Waals surface area contributed by atoms with Gasteiger partial charge in [0.1, 0.15) is 0 Å². The molecule has 0 saturated heterocycles. The molecule has 0 atom stereocenters. The average molecular weight is 238 g/mol.